The van der Waals surface area contributed by atoms with Gasteiger partial charge in [0.15, 0.2) is 0 Å². The van der Waals surface area contributed by atoms with E-state index in [4.69, 9.17) is 5.84 Å². The highest BCUT2D eigenvalue weighted by molar-refractivity contribution is 5.79. The van der Waals surface area contributed by atoms with E-state index in [-0.39, 0.29) is 0 Å². The van der Waals surface area contributed by atoms with Crippen molar-refractivity contribution in [2.45, 2.75) is 45.2 Å². The van der Waals surface area contributed by atoms with Gasteiger partial charge in [-0.25, -0.2) is 10.8 Å². The second kappa shape index (κ2) is 4.30. The lowest BCUT2D eigenvalue weighted by Crippen LogP contribution is -2.45. The lowest BCUT2D eigenvalue weighted by Gasteiger charge is -2.23. The van der Waals surface area contributed by atoms with Crippen molar-refractivity contribution in [2.24, 2.45) is 10.8 Å². The summed E-state index contributed by atoms with van der Waals surface area (Å²) in [4.78, 5) is 4.41. The molecule has 0 aromatic rings. The SMILES string of the molecule is CC(C)NC(=NC1CCC1)NN. The maximum Gasteiger partial charge on any atom is 0.206 e. The summed E-state index contributed by atoms with van der Waals surface area (Å²) in [6.07, 6.45) is 3.70. The van der Waals surface area contributed by atoms with Crippen molar-refractivity contribution in [1.29, 1.82) is 0 Å². The van der Waals surface area contributed by atoms with Gasteiger partial charge in [0.05, 0.1) is 6.04 Å². The minimum absolute atomic E-state index is 0.375. The van der Waals surface area contributed by atoms with E-state index in [0.717, 1.165) is 5.96 Å². The zero-order chi connectivity index (χ0) is 8.97. The highest BCUT2D eigenvalue weighted by Crippen LogP contribution is 2.21. The minimum atomic E-state index is 0.375. The summed E-state index contributed by atoms with van der Waals surface area (Å²) >= 11 is 0. The van der Waals surface area contributed by atoms with Gasteiger partial charge in [-0.1, -0.05) is 0 Å². The Labute approximate surface area is 73.6 Å². The highest BCUT2D eigenvalue weighted by atomic mass is 15.3. The number of aliphatic imine (C=N–C) groups is 1. The molecule has 0 atom stereocenters. The number of nitrogens with two attached hydrogens (primary N) is 1. The number of guanidine groups is 1. The first-order valence-electron chi connectivity index (χ1n) is 4.53. The molecule has 0 aromatic heterocycles. The Morgan fingerprint density at radius 2 is 2.17 bits per heavy atom. The van der Waals surface area contributed by atoms with Crippen molar-refractivity contribution in [3.8, 4) is 0 Å². The molecule has 0 aromatic carbocycles. The average Bonchev–Trinajstić information content (AvgIpc) is 1.93. The van der Waals surface area contributed by atoms with E-state index in [0.29, 0.717) is 12.1 Å². The lowest BCUT2D eigenvalue weighted by molar-refractivity contribution is 0.417. The van der Waals surface area contributed by atoms with E-state index >= 15 is 0 Å². The van der Waals surface area contributed by atoms with Crippen LogP contribution in [0, 0.1) is 0 Å². The van der Waals surface area contributed by atoms with Gasteiger partial charge < -0.3 is 5.32 Å². The van der Waals surface area contributed by atoms with E-state index in [1.165, 1.54) is 19.3 Å². The van der Waals surface area contributed by atoms with Crippen molar-refractivity contribution in [2.75, 3.05) is 0 Å². The second-order valence-corrected chi connectivity index (χ2v) is 3.51. The van der Waals surface area contributed by atoms with E-state index in [9.17, 15) is 0 Å². The maximum atomic E-state index is 5.30. The van der Waals surface area contributed by atoms with Crippen LogP contribution in [0.15, 0.2) is 4.99 Å². The number of hydrazine groups is 1. The molecule has 0 heterocycles. The van der Waals surface area contributed by atoms with E-state index in [1.807, 2.05) is 0 Å². The number of rotatable bonds is 2. The summed E-state index contributed by atoms with van der Waals surface area (Å²) in [5.74, 6) is 6.02. The van der Waals surface area contributed by atoms with Gasteiger partial charge in [-0.15, -0.1) is 0 Å². The summed E-state index contributed by atoms with van der Waals surface area (Å²) in [7, 11) is 0. The molecule has 0 saturated heterocycles. The summed E-state index contributed by atoms with van der Waals surface area (Å²) in [6.45, 7) is 4.13. The fourth-order valence-corrected chi connectivity index (χ4v) is 1.09. The molecule has 0 aliphatic heterocycles. The predicted molar refractivity (Wildman–Crippen MR) is 50.7 cm³/mol. The van der Waals surface area contributed by atoms with Gasteiger partial charge in [-0.2, -0.15) is 0 Å². The zero-order valence-corrected chi connectivity index (χ0v) is 7.80. The molecule has 0 spiro atoms. The quantitative estimate of drug-likeness (QED) is 0.243. The van der Waals surface area contributed by atoms with E-state index in [1.54, 1.807) is 0 Å². The summed E-state index contributed by atoms with van der Waals surface area (Å²) in [5.41, 5.74) is 2.57. The summed E-state index contributed by atoms with van der Waals surface area (Å²) in [5, 5.41) is 3.14. The van der Waals surface area contributed by atoms with Crippen LogP contribution in [-0.2, 0) is 0 Å². The first-order chi connectivity index (χ1) is 5.72. The Bertz CT molecular complexity index is 160. The molecule has 4 heteroatoms. The molecule has 1 rings (SSSR count). The molecule has 1 saturated carbocycles. The summed E-state index contributed by atoms with van der Waals surface area (Å²) in [6, 6.07) is 0.863. The molecule has 1 aliphatic rings. The van der Waals surface area contributed by atoms with Crippen molar-refractivity contribution in [1.82, 2.24) is 10.7 Å². The number of hydrogen-bond donors (Lipinski definition) is 3. The molecule has 4 N–H and O–H groups in total. The maximum absolute atomic E-state index is 5.30. The lowest BCUT2D eigenvalue weighted by atomic mass is 9.94. The standard InChI is InChI=1S/C8H18N4/c1-6(2)10-8(12-9)11-7-4-3-5-7/h6-7H,3-5,9H2,1-2H3,(H2,10,11,12). The largest absolute Gasteiger partial charge is 0.353 e. The van der Waals surface area contributed by atoms with Crippen LogP contribution >= 0.6 is 0 Å². The van der Waals surface area contributed by atoms with Crippen LogP contribution in [0.1, 0.15) is 33.1 Å². The van der Waals surface area contributed by atoms with Gasteiger partial charge in [-0.3, -0.25) is 5.43 Å². The Morgan fingerprint density at radius 1 is 1.50 bits per heavy atom. The third kappa shape index (κ3) is 2.70. The Balaban J connectivity index is 2.36. The van der Waals surface area contributed by atoms with Crippen LogP contribution in [0.2, 0.25) is 0 Å². The Hall–Kier alpha value is -0.770. The molecule has 4 nitrogen and oxygen atoms in total. The number of nitrogens with one attached hydrogen (secondary N) is 2. The van der Waals surface area contributed by atoms with Gasteiger partial charge >= 0.3 is 0 Å². The van der Waals surface area contributed by atoms with Crippen molar-refractivity contribution < 1.29 is 0 Å². The van der Waals surface area contributed by atoms with E-state index in [2.05, 4.69) is 29.6 Å². The number of hydrogen-bond acceptors (Lipinski definition) is 2. The van der Waals surface area contributed by atoms with Crippen molar-refractivity contribution in [3.05, 3.63) is 0 Å². The zero-order valence-electron chi connectivity index (χ0n) is 7.80. The summed E-state index contributed by atoms with van der Waals surface area (Å²) < 4.78 is 0. The van der Waals surface area contributed by atoms with Crippen LogP contribution in [-0.4, -0.2) is 18.0 Å². The molecule has 70 valence electrons. The van der Waals surface area contributed by atoms with Crippen LogP contribution in [0.4, 0.5) is 0 Å². The molecule has 0 bridgehead atoms. The highest BCUT2D eigenvalue weighted by Gasteiger charge is 2.16. The van der Waals surface area contributed by atoms with Gasteiger partial charge in [0.25, 0.3) is 0 Å². The molecular weight excluding hydrogens is 152 g/mol. The van der Waals surface area contributed by atoms with Crippen LogP contribution < -0.4 is 16.6 Å². The predicted octanol–water partition coefficient (Wildman–Crippen LogP) is 0.356. The molecule has 0 radical (unpaired) electrons. The molecule has 12 heavy (non-hydrogen) atoms. The first-order valence-corrected chi connectivity index (χ1v) is 4.53. The minimum Gasteiger partial charge on any atom is -0.353 e. The Morgan fingerprint density at radius 3 is 2.50 bits per heavy atom. The monoisotopic (exact) mass is 170 g/mol. The smallest absolute Gasteiger partial charge is 0.206 e. The third-order valence-corrected chi connectivity index (χ3v) is 1.95. The fourth-order valence-electron chi connectivity index (χ4n) is 1.09. The molecule has 0 amide bonds. The second-order valence-electron chi connectivity index (χ2n) is 3.51. The average molecular weight is 170 g/mol. The molecule has 1 fully saturated rings. The number of nitrogens with zero attached hydrogens (tertiary/aromatic N) is 1. The Kier molecular flexibility index (Phi) is 3.34. The topological polar surface area (TPSA) is 62.4 Å². The van der Waals surface area contributed by atoms with Crippen LogP contribution in [0.5, 0.6) is 0 Å². The fraction of sp³-hybridized carbons (Fsp3) is 0.875. The van der Waals surface area contributed by atoms with Crippen molar-refractivity contribution >= 4 is 5.96 Å². The third-order valence-electron chi connectivity index (χ3n) is 1.95. The van der Waals surface area contributed by atoms with Gasteiger partial charge in [0, 0.05) is 6.04 Å². The van der Waals surface area contributed by atoms with Gasteiger partial charge in [-0.05, 0) is 33.1 Å². The normalized spacial score (nSPS) is 19.2. The molecule has 1 aliphatic carbocycles. The van der Waals surface area contributed by atoms with Crippen LogP contribution in [0.3, 0.4) is 0 Å². The van der Waals surface area contributed by atoms with E-state index < -0.39 is 0 Å². The van der Waals surface area contributed by atoms with Crippen LogP contribution in [0.25, 0.3) is 0 Å². The van der Waals surface area contributed by atoms with Gasteiger partial charge in [0.1, 0.15) is 0 Å². The molecule has 0 unspecified atom stereocenters. The first kappa shape index (κ1) is 9.32. The van der Waals surface area contributed by atoms with Gasteiger partial charge in [0.2, 0.25) is 5.96 Å². The van der Waals surface area contributed by atoms with Crippen molar-refractivity contribution in [3.63, 3.8) is 0 Å². The molecular formula is C8H18N4.